The van der Waals surface area contributed by atoms with Gasteiger partial charge in [0, 0.05) is 38.3 Å². The van der Waals surface area contributed by atoms with E-state index >= 15 is 0 Å². The molecule has 0 unspecified atom stereocenters. The van der Waals surface area contributed by atoms with Gasteiger partial charge in [0.25, 0.3) is 5.91 Å². The molecule has 1 heterocycles. The van der Waals surface area contributed by atoms with Gasteiger partial charge in [0.15, 0.2) is 0 Å². The van der Waals surface area contributed by atoms with E-state index in [9.17, 15) is 14.0 Å². The Morgan fingerprint density at radius 1 is 1.03 bits per heavy atom. The summed E-state index contributed by atoms with van der Waals surface area (Å²) >= 11 is 5.76. The minimum absolute atomic E-state index is 0.0328. The fraction of sp³-hybridized carbons (Fsp3) is 0.364. The van der Waals surface area contributed by atoms with Crippen LogP contribution < -0.4 is 5.32 Å². The van der Waals surface area contributed by atoms with Crippen molar-refractivity contribution < 1.29 is 14.0 Å². The van der Waals surface area contributed by atoms with Gasteiger partial charge in [-0.1, -0.05) is 23.7 Å². The molecule has 0 spiro atoms. The predicted octanol–water partition coefficient (Wildman–Crippen LogP) is 3.17. The van der Waals surface area contributed by atoms with E-state index in [1.54, 1.807) is 6.07 Å². The van der Waals surface area contributed by atoms with Gasteiger partial charge in [0.05, 0.1) is 11.6 Å². The highest BCUT2D eigenvalue weighted by atomic mass is 35.5. The molecule has 2 aromatic rings. The molecule has 0 aromatic heterocycles. The molecule has 0 saturated carbocycles. The average Bonchev–Trinajstić information content (AvgIpc) is 2.71. The summed E-state index contributed by atoms with van der Waals surface area (Å²) in [6.45, 7) is 7.06. The van der Waals surface area contributed by atoms with Crippen molar-refractivity contribution in [2.45, 2.75) is 20.4 Å². The van der Waals surface area contributed by atoms with Gasteiger partial charge in [0.1, 0.15) is 5.82 Å². The first-order valence-electron chi connectivity index (χ1n) is 9.63. The Morgan fingerprint density at radius 2 is 1.76 bits per heavy atom. The van der Waals surface area contributed by atoms with Crippen LogP contribution in [-0.2, 0) is 11.3 Å². The highest BCUT2D eigenvalue weighted by molar-refractivity contribution is 6.30. The van der Waals surface area contributed by atoms with Crippen LogP contribution in [0.1, 0.15) is 27.0 Å². The van der Waals surface area contributed by atoms with Gasteiger partial charge in [-0.15, -0.1) is 0 Å². The summed E-state index contributed by atoms with van der Waals surface area (Å²) in [7, 11) is 0. The Labute approximate surface area is 175 Å². The predicted molar refractivity (Wildman–Crippen MR) is 112 cm³/mol. The van der Waals surface area contributed by atoms with Crippen molar-refractivity contribution >= 4 is 23.4 Å². The molecule has 1 fully saturated rings. The van der Waals surface area contributed by atoms with Gasteiger partial charge >= 0.3 is 0 Å². The zero-order chi connectivity index (χ0) is 21.0. The number of halogens is 2. The molecule has 1 aliphatic heterocycles. The van der Waals surface area contributed by atoms with Gasteiger partial charge in [0.2, 0.25) is 5.91 Å². The van der Waals surface area contributed by atoms with Crippen LogP contribution in [0, 0.1) is 19.7 Å². The minimum atomic E-state index is -0.477. The topological polar surface area (TPSA) is 52.7 Å². The number of hydrogen-bond donors (Lipinski definition) is 1. The van der Waals surface area contributed by atoms with Crippen molar-refractivity contribution in [2.24, 2.45) is 0 Å². The summed E-state index contributed by atoms with van der Waals surface area (Å²) in [5.74, 6) is -0.556. The van der Waals surface area contributed by atoms with E-state index in [4.69, 9.17) is 11.6 Å². The van der Waals surface area contributed by atoms with Crippen molar-refractivity contribution in [3.63, 3.8) is 0 Å². The lowest BCUT2D eigenvalue weighted by atomic mass is 10.1. The van der Waals surface area contributed by atoms with E-state index in [1.165, 1.54) is 17.7 Å². The van der Waals surface area contributed by atoms with Crippen LogP contribution in [0.2, 0.25) is 5.02 Å². The molecule has 1 aliphatic rings. The number of carbonyl (C=O) groups excluding carboxylic acids is 2. The van der Waals surface area contributed by atoms with Gasteiger partial charge in [-0.3, -0.25) is 14.5 Å². The third kappa shape index (κ3) is 5.55. The molecule has 2 amide bonds. The zero-order valence-corrected chi connectivity index (χ0v) is 17.4. The standard InChI is InChI=1S/C22H25ClFN3O2/c1-15-3-5-18(11-16(15)2)22(29)27-9-7-26(8-10-27)14-21(28)25-13-17-4-6-20(24)19(23)12-17/h3-6,11-12H,7-10,13-14H2,1-2H3,(H,25,28). The third-order valence-corrected chi connectivity index (χ3v) is 5.54. The lowest BCUT2D eigenvalue weighted by molar-refractivity contribution is -0.122. The van der Waals surface area contributed by atoms with E-state index in [2.05, 4.69) is 5.32 Å². The van der Waals surface area contributed by atoms with E-state index in [0.717, 1.165) is 11.1 Å². The lowest BCUT2D eigenvalue weighted by Gasteiger charge is -2.34. The molecule has 1 N–H and O–H groups in total. The molecule has 3 rings (SSSR count). The Morgan fingerprint density at radius 3 is 2.41 bits per heavy atom. The number of hydrogen-bond acceptors (Lipinski definition) is 3. The maximum atomic E-state index is 13.2. The number of aryl methyl sites for hydroxylation is 2. The maximum Gasteiger partial charge on any atom is 0.253 e. The number of amides is 2. The largest absolute Gasteiger partial charge is 0.351 e. The van der Waals surface area contributed by atoms with Crippen molar-refractivity contribution in [3.05, 3.63) is 69.5 Å². The summed E-state index contributed by atoms with van der Waals surface area (Å²) in [5, 5.41) is 2.86. The van der Waals surface area contributed by atoms with Crippen LogP contribution in [0.4, 0.5) is 4.39 Å². The fourth-order valence-electron chi connectivity index (χ4n) is 3.28. The zero-order valence-electron chi connectivity index (χ0n) is 16.7. The normalized spacial score (nSPS) is 14.7. The first-order chi connectivity index (χ1) is 13.8. The third-order valence-electron chi connectivity index (χ3n) is 5.25. The van der Waals surface area contributed by atoms with Gasteiger partial charge < -0.3 is 10.2 Å². The number of benzene rings is 2. The lowest BCUT2D eigenvalue weighted by Crippen LogP contribution is -2.51. The molecule has 1 saturated heterocycles. The summed E-state index contributed by atoms with van der Waals surface area (Å²) in [6.07, 6.45) is 0. The molecule has 0 bridgehead atoms. The molecule has 7 heteroatoms. The summed E-state index contributed by atoms with van der Waals surface area (Å²) in [5.41, 5.74) is 3.72. The van der Waals surface area contributed by atoms with E-state index in [1.807, 2.05) is 41.8 Å². The Hall–Kier alpha value is -2.44. The number of nitrogens with zero attached hydrogens (tertiary/aromatic N) is 2. The summed E-state index contributed by atoms with van der Waals surface area (Å²) in [6, 6.07) is 10.2. The second-order valence-electron chi connectivity index (χ2n) is 7.39. The minimum Gasteiger partial charge on any atom is -0.351 e. The average molecular weight is 418 g/mol. The highest BCUT2D eigenvalue weighted by Gasteiger charge is 2.23. The fourth-order valence-corrected chi connectivity index (χ4v) is 3.48. The van der Waals surface area contributed by atoms with Crippen molar-refractivity contribution in [3.8, 4) is 0 Å². The van der Waals surface area contributed by atoms with Gasteiger partial charge in [-0.25, -0.2) is 4.39 Å². The number of nitrogens with one attached hydrogen (secondary N) is 1. The van der Waals surface area contributed by atoms with Gasteiger partial charge in [-0.05, 0) is 54.8 Å². The molecule has 0 aliphatic carbocycles. The van der Waals surface area contributed by atoms with E-state index < -0.39 is 5.82 Å². The summed E-state index contributed by atoms with van der Waals surface area (Å²) in [4.78, 5) is 28.8. The Balaban J connectivity index is 1.45. The maximum absolute atomic E-state index is 13.2. The first kappa shape index (κ1) is 21.3. The number of carbonyl (C=O) groups is 2. The highest BCUT2D eigenvalue weighted by Crippen LogP contribution is 2.16. The summed E-state index contributed by atoms with van der Waals surface area (Å²) < 4.78 is 13.2. The van der Waals surface area contributed by atoms with Gasteiger partial charge in [-0.2, -0.15) is 0 Å². The molecule has 154 valence electrons. The molecule has 5 nitrogen and oxygen atoms in total. The quantitative estimate of drug-likeness (QED) is 0.813. The SMILES string of the molecule is Cc1ccc(C(=O)N2CCN(CC(=O)NCc3ccc(F)c(Cl)c3)CC2)cc1C. The molecule has 0 atom stereocenters. The van der Waals surface area contributed by atoms with Crippen LogP contribution >= 0.6 is 11.6 Å². The van der Waals surface area contributed by atoms with Crippen LogP contribution in [0.25, 0.3) is 0 Å². The second-order valence-corrected chi connectivity index (χ2v) is 7.80. The number of rotatable bonds is 5. The van der Waals surface area contributed by atoms with Crippen molar-refractivity contribution in [1.82, 2.24) is 15.1 Å². The second kappa shape index (κ2) is 9.37. The number of piperazine rings is 1. The van der Waals surface area contributed by atoms with Crippen molar-refractivity contribution in [2.75, 3.05) is 32.7 Å². The van der Waals surface area contributed by atoms with E-state index in [-0.39, 0.29) is 23.4 Å². The first-order valence-corrected chi connectivity index (χ1v) is 10.0. The van der Waals surface area contributed by atoms with Crippen LogP contribution in [0.5, 0.6) is 0 Å². The molecular weight excluding hydrogens is 393 g/mol. The van der Waals surface area contributed by atoms with Crippen LogP contribution in [-0.4, -0.2) is 54.3 Å². The van der Waals surface area contributed by atoms with Crippen molar-refractivity contribution in [1.29, 1.82) is 0 Å². The monoisotopic (exact) mass is 417 g/mol. The van der Waals surface area contributed by atoms with Crippen LogP contribution in [0.15, 0.2) is 36.4 Å². The van der Waals surface area contributed by atoms with Crippen LogP contribution in [0.3, 0.4) is 0 Å². The Kier molecular flexibility index (Phi) is 6.87. The molecular formula is C22H25ClFN3O2. The smallest absolute Gasteiger partial charge is 0.253 e. The molecule has 29 heavy (non-hydrogen) atoms. The molecule has 2 aromatic carbocycles. The molecule has 0 radical (unpaired) electrons. The Bertz CT molecular complexity index is 911. The van der Waals surface area contributed by atoms with E-state index in [0.29, 0.717) is 38.3 Å².